The zero-order valence-electron chi connectivity index (χ0n) is 14.4. The van der Waals surface area contributed by atoms with Gasteiger partial charge in [-0.2, -0.15) is 0 Å². The summed E-state index contributed by atoms with van der Waals surface area (Å²) in [6.45, 7) is 8.21. The molecule has 0 atom stereocenters. The smallest absolute Gasteiger partial charge is 0.123 e. The van der Waals surface area contributed by atoms with Crippen molar-refractivity contribution in [2.75, 3.05) is 0 Å². The molecule has 23 heavy (non-hydrogen) atoms. The minimum atomic E-state index is -0.171. The molecular weight excluding hydrogens is 283 g/mol. The van der Waals surface area contributed by atoms with Crippen molar-refractivity contribution in [2.24, 2.45) is 0 Å². The van der Waals surface area contributed by atoms with Crippen molar-refractivity contribution in [1.29, 1.82) is 0 Å². The zero-order valence-corrected chi connectivity index (χ0v) is 14.4. The van der Waals surface area contributed by atoms with Gasteiger partial charge < -0.3 is 0 Å². The number of halogens is 1. The lowest BCUT2D eigenvalue weighted by Gasteiger charge is -1.90. The summed E-state index contributed by atoms with van der Waals surface area (Å²) in [5.74, 6) is -0.171. The number of hydrogen-bond donors (Lipinski definition) is 0. The van der Waals surface area contributed by atoms with Gasteiger partial charge in [0, 0.05) is 0 Å². The molecule has 0 spiro atoms. The fourth-order valence-electron chi connectivity index (χ4n) is 1.70. The third kappa shape index (κ3) is 9.26. The summed E-state index contributed by atoms with van der Waals surface area (Å²) < 4.78 is 12.1. The van der Waals surface area contributed by atoms with E-state index in [0.29, 0.717) is 0 Å². The van der Waals surface area contributed by atoms with Gasteiger partial charge in [0.05, 0.1) is 0 Å². The van der Waals surface area contributed by atoms with Crippen LogP contribution in [0.15, 0.2) is 78.9 Å². The first kappa shape index (κ1) is 18.6. The Morgan fingerprint density at radius 3 is 1.00 bits per heavy atom. The number of rotatable bonds is 0. The van der Waals surface area contributed by atoms with Crippen molar-refractivity contribution < 1.29 is 4.39 Å². The Bertz CT molecular complexity index is 567. The lowest BCUT2D eigenvalue weighted by Crippen LogP contribution is -1.71. The van der Waals surface area contributed by atoms with Gasteiger partial charge in [-0.15, -0.1) is 0 Å². The highest BCUT2D eigenvalue weighted by Gasteiger charge is 1.83. The summed E-state index contributed by atoms with van der Waals surface area (Å²) in [6, 6.07) is 25.1. The van der Waals surface area contributed by atoms with Gasteiger partial charge in [0.15, 0.2) is 0 Å². The molecule has 0 saturated heterocycles. The molecule has 0 aromatic heterocycles. The van der Waals surface area contributed by atoms with Gasteiger partial charge in [-0.25, -0.2) is 4.39 Å². The Labute approximate surface area is 139 Å². The van der Waals surface area contributed by atoms with E-state index in [-0.39, 0.29) is 5.82 Å². The second-order valence-corrected chi connectivity index (χ2v) is 5.60. The molecule has 0 unspecified atom stereocenters. The lowest BCUT2D eigenvalue weighted by atomic mass is 10.2. The molecular formula is C22H25F. The van der Waals surface area contributed by atoms with Crippen molar-refractivity contribution in [2.45, 2.75) is 27.7 Å². The molecule has 0 aliphatic carbocycles. The molecule has 0 saturated carbocycles. The van der Waals surface area contributed by atoms with Gasteiger partial charge >= 0.3 is 0 Å². The van der Waals surface area contributed by atoms with E-state index in [9.17, 15) is 4.39 Å². The summed E-state index contributed by atoms with van der Waals surface area (Å²) in [7, 11) is 0. The summed E-state index contributed by atoms with van der Waals surface area (Å²) in [4.78, 5) is 0. The van der Waals surface area contributed by atoms with Crippen LogP contribution in [0.2, 0.25) is 0 Å². The van der Waals surface area contributed by atoms with Gasteiger partial charge in [-0.1, -0.05) is 89.0 Å². The minimum absolute atomic E-state index is 0.171. The topological polar surface area (TPSA) is 0 Å². The average molecular weight is 308 g/mol. The summed E-state index contributed by atoms with van der Waals surface area (Å²) in [5, 5.41) is 0. The molecule has 0 bridgehead atoms. The van der Waals surface area contributed by atoms with E-state index < -0.39 is 0 Å². The monoisotopic (exact) mass is 308 g/mol. The number of aryl methyl sites for hydroxylation is 4. The van der Waals surface area contributed by atoms with Crippen molar-refractivity contribution in [1.82, 2.24) is 0 Å². The summed E-state index contributed by atoms with van der Waals surface area (Å²) >= 11 is 0. The van der Waals surface area contributed by atoms with E-state index in [1.165, 1.54) is 28.8 Å². The highest BCUT2D eigenvalue weighted by Crippen LogP contribution is 2.00. The summed E-state index contributed by atoms with van der Waals surface area (Å²) in [6.07, 6.45) is 0. The first-order valence-corrected chi connectivity index (χ1v) is 7.74. The van der Waals surface area contributed by atoms with Crippen LogP contribution in [0.3, 0.4) is 0 Å². The maximum Gasteiger partial charge on any atom is 0.123 e. The predicted octanol–water partition coefficient (Wildman–Crippen LogP) is 6.43. The van der Waals surface area contributed by atoms with E-state index >= 15 is 0 Å². The largest absolute Gasteiger partial charge is 0.207 e. The van der Waals surface area contributed by atoms with Crippen molar-refractivity contribution in [3.63, 3.8) is 0 Å². The molecule has 3 aromatic carbocycles. The molecule has 0 fully saturated rings. The van der Waals surface area contributed by atoms with Gasteiger partial charge in [0.25, 0.3) is 0 Å². The highest BCUT2D eigenvalue weighted by atomic mass is 19.1. The SMILES string of the molecule is Cc1ccc(C)cc1.Cc1ccc(F)cc1.Cc1ccccc1. The average Bonchev–Trinajstić information content (AvgIpc) is 2.55. The third-order valence-corrected chi connectivity index (χ3v) is 3.17. The van der Waals surface area contributed by atoms with E-state index in [4.69, 9.17) is 0 Å². The Kier molecular flexibility index (Phi) is 8.38. The van der Waals surface area contributed by atoms with Crippen molar-refractivity contribution >= 4 is 0 Å². The summed E-state index contributed by atoms with van der Waals surface area (Å²) in [5.41, 5.74) is 5.07. The second-order valence-electron chi connectivity index (χ2n) is 5.60. The molecule has 0 aliphatic heterocycles. The van der Waals surface area contributed by atoms with Crippen LogP contribution in [0.5, 0.6) is 0 Å². The second kappa shape index (κ2) is 10.3. The van der Waals surface area contributed by atoms with Crippen LogP contribution in [-0.2, 0) is 0 Å². The Morgan fingerprint density at radius 1 is 0.435 bits per heavy atom. The van der Waals surface area contributed by atoms with Crippen LogP contribution < -0.4 is 0 Å². The van der Waals surface area contributed by atoms with Crippen LogP contribution in [0.4, 0.5) is 4.39 Å². The molecule has 0 amide bonds. The van der Waals surface area contributed by atoms with Gasteiger partial charge in [-0.05, 0) is 39.8 Å². The van der Waals surface area contributed by atoms with Crippen LogP contribution in [0.25, 0.3) is 0 Å². The predicted molar refractivity (Wildman–Crippen MR) is 98.2 cm³/mol. The number of hydrogen-bond acceptors (Lipinski definition) is 0. The van der Waals surface area contributed by atoms with E-state index in [0.717, 1.165) is 5.56 Å². The van der Waals surface area contributed by atoms with Crippen LogP contribution in [0.1, 0.15) is 22.3 Å². The molecule has 0 N–H and O–H groups in total. The normalized spacial score (nSPS) is 9.09. The highest BCUT2D eigenvalue weighted by molar-refractivity contribution is 5.19. The first-order valence-electron chi connectivity index (χ1n) is 7.74. The Hall–Kier alpha value is -2.41. The fourth-order valence-corrected chi connectivity index (χ4v) is 1.70. The molecule has 0 nitrogen and oxygen atoms in total. The third-order valence-electron chi connectivity index (χ3n) is 3.17. The Morgan fingerprint density at radius 2 is 0.739 bits per heavy atom. The molecule has 0 heterocycles. The fraction of sp³-hybridized carbons (Fsp3) is 0.182. The quantitative estimate of drug-likeness (QED) is 0.449. The molecule has 120 valence electrons. The molecule has 0 aliphatic rings. The molecule has 3 rings (SSSR count). The first-order chi connectivity index (χ1) is 11.0. The Balaban J connectivity index is 0.000000173. The van der Waals surface area contributed by atoms with Crippen molar-refractivity contribution in [3.8, 4) is 0 Å². The maximum absolute atomic E-state index is 12.1. The minimum Gasteiger partial charge on any atom is -0.207 e. The van der Waals surface area contributed by atoms with E-state index in [2.05, 4.69) is 57.2 Å². The standard InChI is InChI=1S/C8H10.C7H7F.C7H8/c1-7-3-5-8(2)6-4-7;1-6-2-4-7(8)5-3-6;1-7-5-3-2-4-6-7/h3-6H,1-2H3;2-5H,1H3;2-6H,1H3. The maximum atomic E-state index is 12.1. The van der Waals surface area contributed by atoms with Crippen LogP contribution in [-0.4, -0.2) is 0 Å². The van der Waals surface area contributed by atoms with Gasteiger partial charge in [0.2, 0.25) is 0 Å². The van der Waals surface area contributed by atoms with Crippen molar-refractivity contribution in [3.05, 3.63) is 107 Å². The lowest BCUT2D eigenvalue weighted by molar-refractivity contribution is 0.627. The number of benzene rings is 3. The van der Waals surface area contributed by atoms with E-state index in [1.54, 1.807) is 12.1 Å². The molecule has 0 radical (unpaired) electrons. The van der Waals surface area contributed by atoms with Gasteiger partial charge in [-0.3, -0.25) is 0 Å². The zero-order chi connectivity index (χ0) is 17.1. The van der Waals surface area contributed by atoms with E-state index in [1.807, 2.05) is 25.1 Å². The van der Waals surface area contributed by atoms with Crippen LogP contribution >= 0.6 is 0 Å². The molecule has 3 aromatic rings. The van der Waals surface area contributed by atoms with Gasteiger partial charge in [0.1, 0.15) is 5.82 Å². The molecule has 1 heteroatoms. The van der Waals surface area contributed by atoms with Crippen LogP contribution in [0, 0.1) is 33.5 Å².